The van der Waals surface area contributed by atoms with Crippen LogP contribution in [-0.2, 0) is 19.7 Å². The van der Waals surface area contributed by atoms with Gasteiger partial charge in [-0.15, -0.1) is 0 Å². The van der Waals surface area contributed by atoms with Crippen LogP contribution >= 0.6 is 0 Å². The molecule has 1 saturated heterocycles. The van der Waals surface area contributed by atoms with Gasteiger partial charge in [-0.3, -0.25) is 9.59 Å². The lowest BCUT2D eigenvalue weighted by Gasteiger charge is -2.26. The molecule has 0 aliphatic carbocycles. The predicted octanol–water partition coefficient (Wildman–Crippen LogP) is 4.59. The number of methoxy groups -OCH3 is 2. The number of carbonyl (C=O) groups excluding carboxylic acids is 2. The van der Waals surface area contributed by atoms with Crippen molar-refractivity contribution in [2.75, 3.05) is 27.4 Å². The van der Waals surface area contributed by atoms with Gasteiger partial charge in [-0.2, -0.15) is 0 Å². The van der Waals surface area contributed by atoms with Gasteiger partial charge in [-0.25, -0.2) is 4.39 Å². The molecular formula is C26H30FNO5. The fraction of sp³-hybridized carbons (Fsp3) is 0.385. The fourth-order valence-corrected chi connectivity index (χ4v) is 4.11. The predicted molar refractivity (Wildman–Crippen MR) is 124 cm³/mol. The highest BCUT2D eigenvalue weighted by atomic mass is 19.1. The molecule has 0 saturated carbocycles. The number of benzene rings is 2. The van der Waals surface area contributed by atoms with E-state index in [2.05, 4.69) is 0 Å². The summed E-state index contributed by atoms with van der Waals surface area (Å²) in [6.07, 6.45) is 0.464. The van der Waals surface area contributed by atoms with E-state index in [9.17, 15) is 19.1 Å². The Bertz CT molecular complexity index is 1090. The molecule has 176 valence electrons. The molecule has 1 N–H and O–H groups in total. The summed E-state index contributed by atoms with van der Waals surface area (Å²) in [5.74, 6) is -1.87. The molecule has 2 aromatic carbocycles. The highest BCUT2D eigenvalue weighted by molar-refractivity contribution is 6.46. The quantitative estimate of drug-likeness (QED) is 0.286. The molecule has 1 heterocycles. The first-order valence-corrected chi connectivity index (χ1v) is 10.8. The Morgan fingerprint density at radius 1 is 1.12 bits per heavy atom. The minimum Gasteiger partial charge on any atom is -0.507 e. The summed E-state index contributed by atoms with van der Waals surface area (Å²) in [6, 6.07) is 10.0. The Morgan fingerprint density at radius 3 is 2.42 bits per heavy atom. The normalized spacial score (nSPS) is 18.1. The number of ether oxygens (including phenoxy) is 2. The van der Waals surface area contributed by atoms with E-state index >= 15 is 0 Å². The number of likely N-dealkylation sites (tertiary alicyclic amines) is 1. The van der Waals surface area contributed by atoms with E-state index in [1.807, 2.05) is 20.8 Å². The number of aliphatic hydroxyl groups excluding tert-OH is 1. The minimum absolute atomic E-state index is 0.132. The van der Waals surface area contributed by atoms with Gasteiger partial charge in [0.2, 0.25) is 0 Å². The summed E-state index contributed by atoms with van der Waals surface area (Å²) < 4.78 is 25.3. The number of hydrogen-bond acceptors (Lipinski definition) is 5. The molecule has 3 rings (SSSR count). The number of nitrogens with zero attached hydrogens (tertiary/aromatic N) is 1. The van der Waals surface area contributed by atoms with E-state index in [-0.39, 0.29) is 28.9 Å². The third-order valence-corrected chi connectivity index (χ3v) is 5.77. The fourth-order valence-electron chi connectivity index (χ4n) is 4.11. The zero-order valence-electron chi connectivity index (χ0n) is 19.6. The third-order valence-electron chi connectivity index (χ3n) is 5.77. The lowest BCUT2D eigenvalue weighted by Crippen LogP contribution is -2.31. The van der Waals surface area contributed by atoms with Crippen LogP contribution in [0.25, 0.3) is 5.76 Å². The van der Waals surface area contributed by atoms with E-state index in [1.54, 1.807) is 38.5 Å². The van der Waals surface area contributed by atoms with Gasteiger partial charge in [-0.1, -0.05) is 39.0 Å². The van der Waals surface area contributed by atoms with E-state index in [0.29, 0.717) is 24.3 Å². The molecule has 1 atom stereocenters. The van der Waals surface area contributed by atoms with Gasteiger partial charge < -0.3 is 19.5 Å². The molecule has 6 nitrogen and oxygen atoms in total. The van der Waals surface area contributed by atoms with Gasteiger partial charge in [0.1, 0.15) is 17.3 Å². The van der Waals surface area contributed by atoms with Gasteiger partial charge in [-0.05, 0) is 36.1 Å². The Kier molecular flexibility index (Phi) is 7.22. The van der Waals surface area contributed by atoms with Crippen LogP contribution in [0, 0.1) is 5.82 Å². The molecule has 0 radical (unpaired) electrons. The van der Waals surface area contributed by atoms with Crippen molar-refractivity contribution in [1.82, 2.24) is 4.90 Å². The zero-order chi connectivity index (χ0) is 24.3. The van der Waals surface area contributed by atoms with Gasteiger partial charge in [0.05, 0.1) is 18.7 Å². The number of ketones is 1. The van der Waals surface area contributed by atoms with Crippen molar-refractivity contribution in [1.29, 1.82) is 0 Å². The van der Waals surface area contributed by atoms with Crippen LogP contribution in [0.2, 0.25) is 0 Å². The number of aliphatic hydroxyl groups is 1. The van der Waals surface area contributed by atoms with Crippen LogP contribution < -0.4 is 4.74 Å². The number of halogens is 1. The topological polar surface area (TPSA) is 76.1 Å². The molecule has 0 bridgehead atoms. The first-order valence-electron chi connectivity index (χ1n) is 10.8. The molecule has 1 aliphatic heterocycles. The lowest BCUT2D eigenvalue weighted by molar-refractivity contribution is -0.140. The molecule has 7 heteroatoms. The Morgan fingerprint density at radius 2 is 1.82 bits per heavy atom. The lowest BCUT2D eigenvalue weighted by atomic mass is 9.84. The second-order valence-electron chi connectivity index (χ2n) is 9.03. The number of amides is 1. The standard InChI is InChI=1S/C26H30FNO5/c1-26(2,3)18-15-16(11-12-20(18)33-5)23(29)21-22(17-9-6-7-10-19(17)27)28(13-8-14-32-4)25(31)24(21)30/h6-7,9-12,15,22,29H,8,13-14H2,1-5H3/b23-21+. The van der Waals surface area contributed by atoms with Crippen molar-refractivity contribution in [3.63, 3.8) is 0 Å². The zero-order valence-corrected chi connectivity index (χ0v) is 19.6. The van der Waals surface area contributed by atoms with Gasteiger partial charge in [0, 0.05) is 37.0 Å². The molecule has 0 aromatic heterocycles. The van der Waals surface area contributed by atoms with Crippen LogP contribution in [0.4, 0.5) is 4.39 Å². The molecule has 2 aromatic rings. The first kappa shape index (κ1) is 24.5. The summed E-state index contributed by atoms with van der Waals surface area (Å²) in [5.41, 5.74) is 0.898. The van der Waals surface area contributed by atoms with Crippen LogP contribution in [0.5, 0.6) is 5.75 Å². The highest BCUT2D eigenvalue weighted by Gasteiger charge is 2.46. The van der Waals surface area contributed by atoms with Crippen LogP contribution in [0.3, 0.4) is 0 Å². The Hall–Kier alpha value is -3.19. The maximum absolute atomic E-state index is 14.8. The van der Waals surface area contributed by atoms with Gasteiger partial charge in [0.25, 0.3) is 11.7 Å². The van der Waals surface area contributed by atoms with Crippen molar-refractivity contribution < 1.29 is 28.6 Å². The van der Waals surface area contributed by atoms with E-state index in [0.717, 1.165) is 5.56 Å². The molecule has 1 amide bonds. The number of rotatable bonds is 7. The van der Waals surface area contributed by atoms with Gasteiger partial charge in [0.15, 0.2) is 0 Å². The molecule has 33 heavy (non-hydrogen) atoms. The SMILES string of the molecule is COCCCN1C(=O)C(=O)/C(=C(/O)c2ccc(OC)c(C(C)(C)C)c2)C1c1ccccc1F. The smallest absolute Gasteiger partial charge is 0.295 e. The first-order chi connectivity index (χ1) is 15.6. The Balaban J connectivity index is 2.20. The third kappa shape index (κ3) is 4.78. The molecule has 1 unspecified atom stereocenters. The second-order valence-corrected chi connectivity index (χ2v) is 9.03. The molecule has 1 aliphatic rings. The monoisotopic (exact) mass is 455 g/mol. The van der Waals surface area contributed by atoms with E-state index in [1.165, 1.54) is 23.1 Å². The number of carbonyl (C=O) groups is 2. The average Bonchev–Trinajstić information content (AvgIpc) is 3.03. The maximum Gasteiger partial charge on any atom is 0.295 e. The number of hydrogen-bond donors (Lipinski definition) is 1. The van der Waals surface area contributed by atoms with Crippen molar-refractivity contribution in [3.8, 4) is 5.75 Å². The van der Waals surface area contributed by atoms with Crippen LogP contribution in [0.15, 0.2) is 48.0 Å². The highest BCUT2D eigenvalue weighted by Crippen LogP contribution is 2.41. The minimum atomic E-state index is -1.04. The summed E-state index contributed by atoms with van der Waals surface area (Å²) in [5, 5.41) is 11.3. The van der Waals surface area contributed by atoms with Crippen molar-refractivity contribution >= 4 is 17.4 Å². The van der Waals surface area contributed by atoms with Crippen LogP contribution in [-0.4, -0.2) is 49.1 Å². The summed E-state index contributed by atoms with van der Waals surface area (Å²) in [7, 11) is 3.10. The second kappa shape index (κ2) is 9.75. The molecule has 1 fully saturated rings. The number of Topliss-reactive ketones (excluding diaryl/α,β-unsaturated/α-hetero) is 1. The maximum atomic E-state index is 14.8. The average molecular weight is 456 g/mol. The summed E-state index contributed by atoms with van der Waals surface area (Å²) >= 11 is 0. The summed E-state index contributed by atoms with van der Waals surface area (Å²) in [6.45, 7) is 6.57. The van der Waals surface area contributed by atoms with E-state index < -0.39 is 23.5 Å². The van der Waals surface area contributed by atoms with Crippen LogP contribution in [0.1, 0.15) is 49.9 Å². The Labute approximate surface area is 193 Å². The van der Waals surface area contributed by atoms with Crippen molar-refractivity contribution in [2.45, 2.75) is 38.6 Å². The molecule has 0 spiro atoms. The van der Waals surface area contributed by atoms with Gasteiger partial charge >= 0.3 is 0 Å². The largest absolute Gasteiger partial charge is 0.507 e. The van der Waals surface area contributed by atoms with Crippen molar-refractivity contribution in [3.05, 3.63) is 70.5 Å². The van der Waals surface area contributed by atoms with E-state index in [4.69, 9.17) is 9.47 Å². The summed E-state index contributed by atoms with van der Waals surface area (Å²) in [4.78, 5) is 27.3. The van der Waals surface area contributed by atoms with Crippen molar-refractivity contribution in [2.24, 2.45) is 0 Å². The molecular weight excluding hydrogens is 425 g/mol.